The van der Waals surface area contributed by atoms with Crippen LogP contribution in [0.2, 0.25) is 0 Å². The van der Waals surface area contributed by atoms with Gasteiger partial charge in [0.25, 0.3) is 5.69 Å². The molecule has 0 unspecified atom stereocenters. The number of nitro groups is 1. The Morgan fingerprint density at radius 2 is 2.07 bits per heavy atom. The second kappa shape index (κ2) is 5.28. The molecule has 1 rings (SSSR count). The van der Waals surface area contributed by atoms with Gasteiger partial charge in [-0.1, -0.05) is 0 Å². The van der Waals surface area contributed by atoms with Crippen LogP contribution < -0.4 is 10.4 Å². The van der Waals surface area contributed by atoms with Gasteiger partial charge >= 0.3 is 0 Å². The molecule has 1 aromatic rings. The predicted molar refractivity (Wildman–Crippen MR) is 56.6 cm³/mol. The van der Waals surface area contributed by atoms with E-state index in [0.717, 1.165) is 5.69 Å². The second-order valence-electron chi connectivity index (χ2n) is 2.87. The van der Waals surface area contributed by atoms with Crippen molar-refractivity contribution in [3.05, 3.63) is 34.4 Å². The van der Waals surface area contributed by atoms with Crippen LogP contribution in [0.15, 0.2) is 24.3 Å². The van der Waals surface area contributed by atoms with Crippen LogP contribution in [-0.2, 0) is 0 Å². The number of aliphatic hydroxyl groups excluding tert-OH is 1. The van der Waals surface area contributed by atoms with Gasteiger partial charge in [0.05, 0.1) is 23.8 Å². The molecule has 0 fully saturated rings. The van der Waals surface area contributed by atoms with E-state index in [4.69, 9.17) is 5.11 Å². The molecule has 2 N–H and O–H groups in total. The maximum atomic E-state index is 10.4. The van der Waals surface area contributed by atoms with Gasteiger partial charge in [-0.15, -0.1) is 0 Å². The molecule has 0 atom stereocenters. The van der Waals surface area contributed by atoms with E-state index < -0.39 is 4.92 Å². The molecule has 0 spiro atoms. The number of non-ortho nitro benzene ring substituents is 1. The minimum absolute atomic E-state index is 0.0117. The Bertz CT molecular complexity index is 326. The van der Waals surface area contributed by atoms with Crippen molar-refractivity contribution >= 4 is 11.4 Å². The lowest BCUT2D eigenvalue weighted by Crippen LogP contribution is -2.37. The van der Waals surface area contributed by atoms with Crippen molar-refractivity contribution < 1.29 is 10.0 Å². The lowest BCUT2D eigenvalue weighted by Gasteiger charge is -2.21. The second-order valence-corrected chi connectivity index (χ2v) is 2.87. The van der Waals surface area contributed by atoms with Crippen molar-refractivity contribution in [3.8, 4) is 0 Å². The molecule has 0 bridgehead atoms. The average Bonchev–Trinajstić information content (AvgIpc) is 2.26. The molecule has 0 radical (unpaired) electrons. The van der Waals surface area contributed by atoms with E-state index in [2.05, 4.69) is 5.43 Å². The summed E-state index contributed by atoms with van der Waals surface area (Å²) in [4.78, 5) is 9.97. The third-order valence-corrected chi connectivity index (χ3v) is 1.97. The van der Waals surface area contributed by atoms with Gasteiger partial charge in [-0.25, -0.2) is 5.43 Å². The number of aliphatic hydroxyl groups is 1. The van der Waals surface area contributed by atoms with Crippen LogP contribution in [0.5, 0.6) is 0 Å². The zero-order valence-corrected chi connectivity index (χ0v) is 8.38. The minimum atomic E-state index is -0.445. The number of nitrogens with one attached hydrogen (secondary N) is 1. The molecule has 0 aliphatic heterocycles. The summed E-state index contributed by atoms with van der Waals surface area (Å²) in [6, 6.07) is 6.11. The van der Waals surface area contributed by atoms with Crippen LogP contribution in [-0.4, -0.2) is 30.2 Å². The van der Waals surface area contributed by atoms with Crippen LogP contribution in [0.4, 0.5) is 11.4 Å². The highest BCUT2D eigenvalue weighted by Crippen LogP contribution is 2.17. The normalized spacial score (nSPS) is 10.0. The maximum absolute atomic E-state index is 10.4. The monoisotopic (exact) mass is 211 g/mol. The summed E-state index contributed by atoms with van der Waals surface area (Å²) >= 11 is 0. The number of hydrogen-bond acceptors (Lipinski definition) is 5. The molecule has 15 heavy (non-hydrogen) atoms. The number of benzene rings is 1. The Morgan fingerprint density at radius 3 is 2.47 bits per heavy atom. The van der Waals surface area contributed by atoms with Crippen LogP contribution >= 0.6 is 0 Å². The zero-order valence-electron chi connectivity index (χ0n) is 8.38. The van der Waals surface area contributed by atoms with E-state index >= 15 is 0 Å². The first-order valence-corrected chi connectivity index (χ1v) is 4.49. The van der Waals surface area contributed by atoms with E-state index in [1.54, 1.807) is 24.2 Å². The summed E-state index contributed by atoms with van der Waals surface area (Å²) in [6.07, 6.45) is 0. The molecule has 0 aliphatic carbocycles. The smallest absolute Gasteiger partial charge is 0.269 e. The van der Waals surface area contributed by atoms with Crippen LogP contribution in [0, 0.1) is 10.1 Å². The van der Waals surface area contributed by atoms with E-state index in [0.29, 0.717) is 6.54 Å². The topological polar surface area (TPSA) is 78.6 Å². The third kappa shape index (κ3) is 2.90. The fraction of sp³-hybridized carbons (Fsp3) is 0.333. The van der Waals surface area contributed by atoms with Gasteiger partial charge in [-0.2, -0.15) is 0 Å². The summed E-state index contributed by atoms with van der Waals surface area (Å²) in [7, 11) is 1.72. The van der Waals surface area contributed by atoms with Gasteiger partial charge in [0, 0.05) is 19.2 Å². The molecule has 6 heteroatoms. The molecule has 0 amide bonds. The van der Waals surface area contributed by atoms with Crippen molar-refractivity contribution in [1.82, 2.24) is 5.43 Å². The highest BCUT2D eigenvalue weighted by Gasteiger charge is 2.07. The molecular formula is C9H13N3O3. The van der Waals surface area contributed by atoms with Crippen LogP contribution in [0.3, 0.4) is 0 Å². The predicted octanol–water partition coefficient (Wildman–Crippen LogP) is 0.528. The summed E-state index contributed by atoms with van der Waals surface area (Å²) in [5.41, 5.74) is 3.70. The molecule has 0 saturated carbocycles. The SMILES string of the molecule is CNN(CCO)c1ccc([N+](=O)[O-])cc1. The molecule has 0 aromatic heterocycles. The van der Waals surface area contributed by atoms with Gasteiger partial charge in [0.1, 0.15) is 0 Å². The first kappa shape index (κ1) is 11.4. The average molecular weight is 211 g/mol. The molecular weight excluding hydrogens is 198 g/mol. The number of hydrogen-bond donors (Lipinski definition) is 2. The van der Waals surface area contributed by atoms with Gasteiger partial charge in [-0.05, 0) is 12.1 Å². The van der Waals surface area contributed by atoms with E-state index in [1.165, 1.54) is 12.1 Å². The Kier molecular flexibility index (Phi) is 4.02. The highest BCUT2D eigenvalue weighted by molar-refractivity contribution is 5.49. The summed E-state index contributed by atoms with van der Waals surface area (Å²) in [5.74, 6) is 0. The molecule has 1 aromatic carbocycles. The van der Waals surface area contributed by atoms with Gasteiger partial charge in [-0.3, -0.25) is 10.1 Å². The molecule has 0 aliphatic rings. The maximum Gasteiger partial charge on any atom is 0.269 e. The van der Waals surface area contributed by atoms with E-state index in [1.807, 2.05) is 0 Å². The van der Waals surface area contributed by atoms with Gasteiger partial charge in [0.2, 0.25) is 0 Å². The molecule has 0 heterocycles. The number of rotatable bonds is 5. The fourth-order valence-electron chi connectivity index (χ4n) is 1.22. The standard InChI is InChI=1S/C9H13N3O3/c1-10-11(6-7-13)8-2-4-9(5-3-8)12(14)15/h2-5,10,13H,6-7H2,1H3. The summed E-state index contributed by atoms with van der Waals surface area (Å²) < 4.78 is 0. The highest BCUT2D eigenvalue weighted by atomic mass is 16.6. The minimum Gasteiger partial charge on any atom is -0.394 e. The third-order valence-electron chi connectivity index (χ3n) is 1.97. The van der Waals surface area contributed by atoms with Crippen molar-refractivity contribution in [3.63, 3.8) is 0 Å². The molecule has 6 nitrogen and oxygen atoms in total. The quantitative estimate of drug-likeness (QED) is 0.548. The van der Waals surface area contributed by atoms with Crippen LogP contribution in [0.1, 0.15) is 0 Å². The molecule has 0 saturated heterocycles. The van der Waals surface area contributed by atoms with Crippen molar-refractivity contribution in [2.45, 2.75) is 0 Å². The number of anilines is 1. The largest absolute Gasteiger partial charge is 0.394 e. The molecule has 82 valence electrons. The number of nitro benzene ring substituents is 1. The first-order valence-electron chi connectivity index (χ1n) is 4.49. The Hall–Kier alpha value is -1.66. The van der Waals surface area contributed by atoms with Crippen molar-refractivity contribution in [1.29, 1.82) is 0 Å². The van der Waals surface area contributed by atoms with Crippen molar-refractivity contribution in [2.24, 2.45) is 0 Å². The fourth-order valence-corrected chi connectivity index (χ4v) is 1.22. The lowest BCUT2D eigenvalue weighted by atomic mass is 10.3. The van der Waals surface area contributed by atoms with Gasteiger partial charge in [0.15, 0.2) is 0 Å². The van der Waals surface area contributed by atoms with E-state index in [-0.39, 0.29) is 12.3 Å². The Balaban J connectivity index is 2.81. The van der Waals surface area contributed by atoms with Gasteiger partial charge < -0.3 is 10.1 Å². The lowest BCUT2D eigenvalue weighted by molar-refractivity contribution is -0.384. The Labute approximate surface area is 87.3 Å². The Morgan fingerprint density at radius 1 is 1.47 bits per heavy atom. The number of hydrazine groups is 1. The number of nitrogens with zero attached hydrogens (tertiary/aromatic N) is 2. The summed E-state index contributed by atoms with van der Waals surface area (Å²) in [6.45, 7) is 0.437. The van der Waals surface area contributed by atoms with E-state index in [9.17, 15) is 10.1 Å². The zero-order chi connectivity index (χ0) is 11.3. The van der Waals surface area contributed by atoms with Crippen molar-refractivity contribution in [2.75, 3.05) is 25.2 Å². The summed E-state index contributed by atoms with van der Waals surface area (Å²) in [5, 5.41) is 20.9. The van der Waals surface area contributed by atoms with Crippen LogP contribution in [0.25, 0.3) is 0 Å². The first-order chi connectivity index (χ1) is 7.19.